The van der Waals surface area contributed by atoms with E-state index in [2.05, 4.69) is 11.9 Å². The van der Waals surface area contributed by atoms with Gasteiger partial charge in [-0.3, -0.25) is 14.4 Å². The smallest absolute Gasteiger partial charge is 0.322 e. The molecule has 0 heterocycles. The number of aliphatic carboxylic acids is 1. The van der Waals surface area contributed by atoms with Gasteiger partial charge in [0, 0.05) is 5.57 Å². The van der Waals surface area contributed by atoms with Crippen molar-refractivity contribution in [2.45, 2.75) is 20.3 Å². The largest absolute Gasteiger partial charge is 0.480 e. The van der Waals surface area contributed by atoms with Gasteiger partial charge in [0.2, 0.25) is 5.91 Å². The van der Waals surface area contributed by atoms with Crippen molar-refractivity contribution in [1.29, 1.82) is 0 Å². The summed E-state index contributed by atoms with van der Waals surface area (Å²) in [6.45, 7) is 6.14. The van der Waals surface area contributed by atoms with Crippen molar-refractivity contribution in [3.05, 3.63) is 12.2 Å². The number of carboxylic acids is 1. The van der Waals surface area contributed by atoms with E-state index < -0.39 is 24.3 Å². The average molecular weight is 213 g/mol. The topological polar surface area (TPSA) is 83.5 Å². The van der Waals surface area contributed by atoms with E-state index in [0.717, 1.165) is 0 Å². The van der Waals surface area contributed by atoms with Gasteiger partial charge >= 0.3 is 5.97 Å². The van der Waals surface area contributed by atoms with Gasteiger partial charge in [-0.1, -0.05) is 13.5 Å². The fourth-order valence-corrected chi connectivity index (χ4v) is 1.12. The molecule has 1 atom stereocenters. The lowest BCUT2D eigenvalue weighted by Gasteiger charge is -2.14. The minimum Gasteiger partial charge on any atom is -0.480 e. The number of ketones is 1. The van der Waals surface area contributed by atoms with Crippen LogP contribution in [0.2, 0.25) is 0 Å². The number of nitrogens with one attached hydrogen (secondary N) is 1. The maximum Gasteiger partial charge on any atom is 0.322 e. The van der Waals surface area contributed by atoms with E-state index in [1.54, 1.807) is 6.92 Å². The molecule has 1 amide bonds. The highest BCUT2D eigenvalue weighted by atomic mass is 16.4. The second kappa shape index (κ2) is 5.95. The first kappa shape index (κ1) is 13.4. The molecule has 0 spiro atoms. The van der Waals surface area contributed by atoms with Gasteiger partial charge in [0.15, 0.2) is 5.78 Å². The molecule has 0 aliphatic carbocycles. The second-order valence-corrected chi connectivity index (χ2v) is 3.15. The van der Waals surface area contributed by atoms with E-state index in [4.69, 9.17) is 5.11 Å². The first-order valence-corrected chi connectivity index (χ1v) is 4.59. The zero-order chi connectivity index (χ0) is 12.0. The molecular formula is C10H15NO4. The highest BCUT2D eigenvalue weighted by Crippen LogP contribution is 2.14. The summed E-state index contributed by atoms with van der Waals surface area (Å²) < 4.78 is 0. The van der Waals surface area contributed by atoms with Crippen molar-refractivity contribution < 1.29 is 19.5 Å². The Morgan fingerprint density at radius 3 is 2.27 bits per heavy atom. The molecule has 5 nitrogen and oxygen atoms in total. The average Bonchev–Trinajstić information content (AvgIpc) is 2.15. The van der Waals surface area contributed by atoms with Gasteiger partial charge in [-0.05, 0) is 13.3 Å². The van der Waals surface area contributed by atoms with Crippen LogP contribution in [-0.2, 0) is 14.4 Å². The van der Waals surface area contributed by atoms with E-state index in [1.165, 1.54) is 6.92 Å². The summed E-state index contributed by atoms with van der Waals surface area (Å²) in [7, 11) is 0. The molecule has 84 valence electrons. The molecule has 2 N–H and O–H groups in total. The normalized spacial score (nSPS) is 11.6. The molecule has 5 heteroatoms. The lowest BCUT2D eigenvalue weighted by atomic mass is 9.94. The van der Waals surface area contributed by atoms with Gasteiger partial charge in [-0.25, -0.2) is 0 Å². The van der Waals surface area contributed by atoms with Crippen molar-refractivity contribution in [2.75, 3.05) is 6.54 Å². The Morgan fingerprint density at radius 2 is 1.93 bits per heavy atom. The third-order valence-electron chi connectivity index (χ3n) is 2.01. The highest BCUT2D eigenvalue weighted by molar-refractivity contribution is 5.99. The predicted molar refractivity (Wildman–Crippen MR) is 54.2 cm³/mol. The zero-order valence-corrected chi connectivity index (χ0v) is 8.87. The Hall–Kier alpha value is -1.65. The third-order valence-corrected chi connectivity index (χ3v) is 2.01. The van der Waals surface area contributed by atoms with Crippen molar-refractivity contribution >= 4 is 17.7 Å². The van der Waals surface area contributed by atoms with Crippen LogP contribution in [-0.4, -0.2) is 29.3 Å². The van der Waals surface area contributed by atoms with Crippen molar-refractivity contribution in [3.63, 3.8) is 0 Å². The first-order chi connectivity index (χ1) is 6.90. The fourth-order valence-electron chi connectivity index (χ4n) is 1.12. The molecule has 1 unspecified atom stereocenters. The number of Topliss-reactive ketones (excluding diaryl/α,β-unsaturated/α-hetero) is 1. The molecule has 15 heavy (non-hydrogen) atoms. The molecular weight excluding hydrogens is 198 g/mol. The van der Waals surface area contributed by atoms with E-state index in [-0.39, 0.29) is 11.4 Å². The van der Waals surface area contributed by atoms with Gasteiger partial charge in [-0.15, -0.1) is 0 Å². The zero-order valence-electron chi connectivity index (χ0n) is 8.87. The van der Waals surface area contributed by atoms with Crippen LogP contribution < -0.4 is 5.32 Å². The van der Waals surface area contributed by atoms with Crippen LogP contribution in [0.3, 0.4) is 0 Å². The molecule has 0 aliphatic rings. The lowest BCUT2D eigenvalue weighted by Crippen LogP contribution is -2.36. The fraction of sp³-hybridized carbons (Fsp3) is 0.500. The van der Waals surface area contributed by atoms with Crippen molar-refractivity contribution in [2.24, 2.45) is 5.92 Å². The maximum atomic E-state index is 11.4. The van der Waals surface area contributed by atoms with Gasteiger partial charge < -0.3 is 10.4 Å². The number of rotatable bonds is 6. The summed E-state index contributed by atoms with van der Waals surface area (Å²) in [6.07, 6.45) is 0.421. The maximum absolute atomic E-state index is 11.4. The molecule has 0 rings (SSSR count). The van der Waals surface area contributed by atoms with Gasteiger partial charge in [0.25, 0.3) is 0 Å². The second-order valence-electron chi connectivity index (χ2n) is 3.15. The molecule has 0 aromatic heterocycles. The number of hydrogen-bond donors (Lipinski definition) is 2. The van der Waals surface area contributed by atoms with Gasteiger partial charge in [0.1, 0.15) is 6.54 Å². The van der Waals surface area contributed by atoms with Crippen LogP contribution >= 0.6 is 0 Å². The van der Waals surface area contributed by atoms with Gasteiger partial charge in [0.05, 0.1) is 5.92 Å². The van der Waals surface area contributed by atoms with E-state index in [9.17, 15) is 14.4 Å². The molecule has 0 aromatic rings. The number of amides is 1. The van der Waals surface area contributed by atoms with Gasteiger partial charge in [-0.2, -0.15) is 0 Å². The lowest BCUT2D eigenvalue weighted by molar-refractivity contribution is -0.138. The van der Waals surface area contributed by atoms with Crippen molar-refractivity contribution in [3.8, 4) is 0 Å². The van der Waals surface area contributed by atoms with E-state index >= 15 is 0 Å². The number of carbonyl (C=O) groups is 3. The Morgan fingerprint density at radius 1 is 1.40 bits per heavy atom. The molecule has 0 saturated heterocycles. The molecule has 0 aromatic carbocycles. The summed E-state index contributed by atoms with van der Waals surface area (Å²) in [4.78, 5) is 32.6. The molecule has 0 saturated carbocycles. The summed E-state index contributed by atoms with van der Waals surface area (Å²) in [6, 6.07) is 0. The van der Waals surface area contributed by atoms with Crippen LogP contribution in [0.4, 0.5) is 0 Å². The Bertz CT molecular complexity index is 296. The van der Waals surface area contributed by atoms with E-state index in [0.29, 0.717) is 6.42 Å². The van der Waals surface area contributed by atoms with Crippen LogP contribution in [0.1, 0.15) is 20.3 Å². The predicted octanol–water partition coefficient (Wildman–Crippen LogP) is 0.359. The summed E-state index contributed by atoms with van der Waals surface area (Å²) in [5.41, 5.74) is 0.209. The SMILES string of the molecule is C=C(C(C)=O)C(CC)C(=O)NCC(=O)O. The monoisotopic (exact) mass is 213 g/mol. The van der Waals surface area contributed by atoms with Crippen molar-refractivity contribution in [1.82, 2.24) is 5.32 Å². The minimum absolute atomic E-state index is 0.209. The summed E-state index contributed by atoms with van der Waals surface area (Å²) >= 11 is 0. The van der Waals surface area contributed by atoms with E-state index in [1.807, 2.05) is 0 Å². The number of carbonyl (C=O) groups excluding carboxylic acids is 2. The summed E-state index contributed by atoms with van der Waals surface area (Å²) in [5, 5.41) is 10.6. The quantitative estimate of drug-likeness (QED) is 0.624. The van der Waals surface area contributed by atoms with Crippen LogP contribution in [0.5, 0.6) is 0 Å². The number of hydrogen-bond acceptors (Lipinski definition) is 3. The molecule has 0 bridgehead atoms. The third kappa shape index (κ3) is 4.39. The minimum atomic E-state index is -1.12. The van der Waals surface area contributed by atoms with Crippen LogP contribution in [0, 0.1) is 5.92 Å². The molecule has 0 radical (unpaired) electrons. The number of carboxylic acid groups (broad SMARTS) is 1. The first-order valence-electron chi connectivity index (χ1n) is 4.59. The molecule has 0 fully saturated rings. The Balaban J connectivity index is 4.41. The van der Waals surface area contributed by atoms with Crippen LogP contribution in [0.15, 0.2) is 12.2 Å². The van der Waals surface area contributed by atoms with Crippen LogP contribution in [0.25, 0.3) is 0 Å². The highest BCUT2D eigenvalue weighted by Gasteiger charge is 2.22. The molecule has 0 aliphatic heterocycles. The Kier molecular flexibility index (Phi) is 5.30. The Labute approximate surface area is 88.2 Å². The summed E-state index contributed by atoms with van der Waals surface area (Å²) in [5.74, 6) is -2.49. The standard InChI is InChI=1S/C10H15NO4/c1-4-8(6(2)7(3)12)10(15)11-5-9(13)14/h8H,2,4-5H2,1,3H3,(H,11,15)(H,13,14).